The second kappa shape index (κ2) is 7.23. The normalized spacial score (nSPS) is 22.7. The van der Waals surface area contributed by atoms with Gasteiger partial charge in [0.1, 0.15) is 11.3 Å². The smallest absolute Gasteiger partial charge is 0.134 e. The Morgan fingerprint density at radius 2 is 2.15 bits per heavy atom. The van der Waals surface area contributed by atoms with Gasteiger partial charge in [-0.3, -0.25) is 4.90 Å². The van der Waals surface area contributed by atoms with Gasteiger partial charge >= 0.3 is 0 Å². The van der Waals surface area contributed by atoms with Crippen LogP contribution in [0.1, 0.15) is 30.5 Å². The molecule has 6 nitrogen and oxygen atoms in total. The lowest BCUT2D eigenvalue weighted by Gasteiger charge is -2.39. The van der Waals surface area contributed by atoms with Crippen molar-refractivity contribution in [1.82, 2.24) is 19.8 Å². The third-order valence-electron chi connectivity index (χ3n) is 5.26. The molecule has 1 aromatic carbocycles. The molecule has 1 unspecified atom stereocenters. The van der Waals surface area contributed by atoms with Crippen LogP contribution in [0.4, 0.5) is 0 Å². The number of aromatic nitrogens is 2. The third-order valence-corrected chi connectivity index (χ3v) is 5.26. The summed E-state index contributed by atoms with van der Waals surface area (Å²) in [5.41, 5.74) is 2.10. The van der Waals surface area contributed by atoms with Crippen molar-refractivity contribution < 1.29 is 9.15 Å². The van der Waals surface area contributed by atoms with Crippen LogP contribution in [0.3, 0.4) is 0 Å². The lowest BCUT2D eigenvalue weighted by atomic mass is 10.0. The first-order valence-corrected chi connectivity index (χ1v) is 9.13. The molecule has 0 radical (unpaired) electrons. The zero-order valence-electron chi connectivity index (χ0n) is 15.6. The van der Waals surface area contributed by atoms with Crippen molar-refractivity contribution in [2.45, 2.75) is 25.1 Å². The fourth-order valence-corrected chi connectivity index (χ4v) is 3.71. The summed E-state index contributed by atoms with van der Waals surface area (Å²) in [7, 11) is 4.18. The van der Waals surface area contributed by atoms with E-state index in [0.29, 0.717) is 0 Å². The Morgan fingerprint density at radius 3 is 2.92 bits per heavy atom. The number of para-hydroxylation sites is 1. The highest BCUT2D eigenvalue weighted by Crippen LogP contribution is 2.29. The largest absolute Gasteiger partial charge is 0.459 e. The number of aryl methyl sites for hydroxylation is 1. The van der Waals surface area contributed by atoms with Gasteiger partial charge < -0.3 is 19.0 Å². The minimum atomic E-state index is 0.0657. The van der Waals surface area contributed by atoms with E-state index in [1.807, 2.05) is 37.8 Å². The molecule has 3 aromatic rings. The number of ether oxygens (including phenoxy) is 1. The highest BCUT2D eigenvalue weighted by atomic mass is 16.5. The van der Waals surface area contributed by atoms with E-state index in [0.717, 1.165) is 36.4 Å². The Labute approximate surface area is 153 Å². The van der Waals surface area contributed by atoms with Crippen LogP contribution in [0.2, 0.25) is 0 Å². The van der Waals surface area contributed by atoms with Gasteiger partial charge in [0.05, 0.1) is 36.8 Å². The first kappa shape index (κ1) is 17.3. The zero-order valence-corrected chi connectivity index (χ0v) is 15.6. The van der Waals surface area contributed by atoms with E-state index in [1.54, 1.807) is 0 Å². The SMILES string of the molecule is CC(NC[C@@H]1OCCN(C)[C@H]1c1cncn1C)c1cc2ccccc2o1. The minimum Gasteiger partial charge on any atom is -0.459 e. The van der Waals surface area contributed by atoms with Crippen molar-refractivity contribution in [1.29, 1.82) is 0 Å². The number of furan rings is 1. The summed E-state index contributed by atoms with van der Waals surface area (Å²) < 4.78 is 14.2. The molecule has 0 bridgehead atoms. The van der Waals surface area contributed by atoms with Crippen molar-refractivity contribution >= 4 is 11.0 Å². The maximum Gasteiger partial charge on any atom is 0.134 e. The standard InChI is InChI=1S/C20H26N4O2/c1-14(18-10-15-6-4-5-7-17(15)26-18)22-12-19-20(23(2)8-9-25-19)16-11-21-13-24(16)3/h4-7,10-11,13-14,19-20,22H,8-9,12H2,1-3H3/t14?,19-,20-/m0/s1. The van der Waals surface area contributed by atoms with Gasteiger partial charge in [0.15, 0.2) is 0 Å². The van der Waals surface area contributed by atoms with Gasteiger partial charge in [-0.1, -0.05) is 18.2 Å². The van der Waals surface area contributed by atoms with E-state index in [2.05, 4.69) is 45.9 Å². The van der Waals surface area contributed by atoms with Gasteiger partial charge in [0.25, 0.3) is 0 Å². The molecule has 1 saturated heterocycles. The quantitative estimate of drug-likeness (QED) is 0.763. The number of hydrogen-bond donors (Lipinski definition) is 1. The lowest BCUT2D eigenvalue weighted by molar-refractivity contribution is -0.0644. The Kier molecular flexibility index (Phi) is 4.80. The van der Waals surface area contributed by atoms with Gasteiger partial charge in [-0.25, -0.2) is 4.98 Å². The minimum absolute atomic E-state index is 0.0657. The molecule has 138 valence electrons. The zero-order chi connectivity index (χ0) is 18.1. The van der Waals surface area contributed by atoms with Crippen molar-refractivity contribution in [3.05, 3.63) is 54.3 Å². The first-order valence-electron chi connectivity index (χ1n) is 9.13. The second-order valence-electron chi connectivity index (χ2n) is 7.08. The van der Waals surface area contributed by atoms with E-state index < -0.39 is 0 Å². The van der Waals surface area contributed by atoms with Gasteiger partial charge in [0.2, 0.25) is 0 Å². The average Bonchev–Trinajstić information content (AvgIpc) is 3.26. The van der Waals surface area contributed by atoms with E-state index in [4.69, 9.17) is 9.15 Å². The molecule has 0 amide bonds. The number of rotatable bonds is 5. The van der Waals surface area contributed by atoms with E-state index in [9.17, 15) is 0 Å². The van der Waals surface area contributed by atoms with Crippen LogP contribution in [0.5, 0.6) is 0 Å². The van der Waals surface area contributed by atoms with E-state index in [1.165, 1.54) is 5.69 Å². The molecule has 4 rings (SSSR count). The van der Waals surface area contributed by atoms with Gasteiger partial charge in [-0.15, -0.1) is 0 Å². The third kappa shape index (κ3) is 3.28. The number of nitrogens with one attached hydrogen (secondary N) is 1. The molecule has 6 heteroatoms. The van der Waals surface area contributed by atoms with Crippen molar-refractivity contribution in [2.24, 2.45) is 7.05 Å². The molecule has 1 aliphatic rings. The molecular weight excluding hydrogens is 328 g/mol. The average molecular weight is 354 g/mol. The fraction of sp³-hybridized carbons (Fsp3) is 0.450. The Balaban J connectivity index is 1.47. The molecule has 2 aromatic heterocycles. The monoisotopic (exact) mass is 354 g/mol. The molecule has 1 N–H and O–H groups in total. The van der Waals surface area contributed by atoms with Crippen LogP contribution in [-0.4, -0.2) is 47.3 Å². The maximum absolute atomic E-state index is 6.11. The first-order chi connectivity index (χ1) is 12.6. The number of fused-ring (bicyclic) bond motifs is 1. The van der Waals surface area contributed by atoms with Crippen LogP contribution in [0, 0.1) is 0 Å². The van der Waals surface area contributed by atoms with Crippen LogP contribution < -0.4 is 5.32 Å². The lowest BCUT2D eigenvalue weighted by Crippen LogP contribution is -2.48. The molecule has 26 heavy (non-hydrogen) atoms. The van der Waals surface area contributed by atoms with E-state index in [-0.39, 0.29) is 18.2 Å². The number of likely N-dealkylation sites (N-methyl/N-ethyl adjacent to an activating group) is 1. The number of morpholine rings is 1. The number of nitrogens with zero attached hydrogens (tertiary/aromatic N) is 3. The summed E-state index contributed by atoms with van der Waals surface area (Å²) in [6.07, 6.45) is 3.85. The van der Waals surface area contributed by atoms with Crippen molar-refractivity contribution in [3.63, 3.8) is 0 Å². The number of benzene rings is 1. The molecule has 3 atom stereocenters. The topological polar surface area (TPSA) is 55.5 Å². The Hall–Kier alpha value is -2.15. The van der Waals surface area contributed by atoms with Gasteiger partial charge in [-0.05, 0) is 26.1 Å². The van der Waals surface area contributed by atoms with Crippen LogP contribution in [0.25, 0.3) is 11.0 Å². The predicted molar refractivity (Wildman–Crippen MR) is 101 cm³/mol. The van der Waals surface area contributed by atoms with Crippen LogP contribution in [0.15, 0.2) is 47.3 Å². The summed E-state index contributed by atoms with van der Waals surface area (Å²) in [5, 5.41) is 4.72. The molecule has 3 heterocycles. The molecule has 0 saturated carbocycles. The molecule has 1 fully saturated rings. The summed E-state index contributed by atoms with van der Waals surface area (Å²) in [6, 6.07) is 10.5. The summed E-state index contributed by atoms with van der Waals surface area (Å²) in [4.78, 5) is 6.62. The fourth-order valence-electron chi connectivity index (χ4n) is 3.71. The van der Waals surface area contributed by atoms with Crippen LogP contribution >= 0.6 is 0 Å². The molecule has 0 aliphatic carbocycles. The van der Waals surface area contributed by atoms with Gasteiger partial charge in [-0.2, -0.15) is 0 Å². The van der Waals surface area contributed by atoms with Crippen molar-refractivity contribution in [2.75, 3.05) is 26.7 Å². The second-order valence-corrected chi connectivity index (χ2v) is 7.08. The van der Waals surface area contributed by atoms with Crippen molar-refractivity contribution in [3.8, 4) is 0 Å². The summed E-state index contributed by atoms with van der Waals surface area (Å²) >= 11 is 0. The molecule has 1 aliphatic heterocycles. The number of hydrogen-bond acceptors (Lipinski definition) is 5. The predicted octanol–water partition coefficient (Wildman–Crippen LogP) is 2.89. The Bertz CT molecular complexity index is 838. The molecule has 0 spiro atoms. The van der Waals surface area contributed by atoms with E-state index >= 15 is 0 Å². The van der Waals surface area contributed by atoms with Crippen LogP contribution in [-0.2, 0) is 11.8 Å². The highest BCUT2D eigenvalue weighted by molar-refractivity contribution is 5.77. The highest BCUT2D eigenvalue weighted by Gasteiger charge is 2.33. The summed E-state index contributed by atoms with van der Waals surface area (Å²) in [5.74, 6) is 0.951. The maximum atomic E-state index is 6.11. The number of imidazole rings is 1. The molecular formula is C20H26N4O2. The van der Waals surface area contributed by atoms with Gasteiger partial charge in [0, 0.05) is 31.7 Å². The summed E-state index contributed by atoms with van der Waals surface area (Å²) in [6.45, 7) is 4.55. The Morgan fingerprint density at radius 1 is 1.31 bits per heavy atom.